The van der Waals surface area contributed by atoms with E-state index in [0.29, 0.717) is 13.2 Å². The predicted molar refractivity (Wildman–Crippen MR) is 89.1 cm³/mol. The number of nitrogens with one attached hydrogen (secondary N) is 2. The molecule has 1 unspecified atom stereocenters. The molecule has 1 atom stereocenters. The average Bonchev–Trinajstić information content (AvgIpc) is 2.57. The first-order chi connectivity index (χ1) is 11.3. The molecule has 3 rings (SSSR count). The van der Waals surface area contributed by atoms with E-state index in [-0.39, 0.29) is 12.1 Å². The number of rotatable bonds is 4. The summed E-state index contributed by atoms with van der Waals surface area (Å²) in [6, 6.07) is 14.8. The van der Waals surface area contributed by atoms with Crippen LogP contribution in [0, 0.1) is 0 Å². The first kappa shape index (κ1) is 15.2. The maximum absolute atomic E-state index is 12.2. The first-order valence-electron chi connectivity index (χ1n) is 7.78. The second-order valence-corrected chi connectivity index (χ2v) is 5.28. The Morgan fingerprint density at radius 1 is 1.22 bits per heavy atom. The van der Waals surface area contributed by atoms with Crippen molar-refractivity contribution >= 4 is 11.7 Å². The summed E-state index contributed by atoms with van der Waals surface area (Å²) >= 11 is 0. The number of benzene rings is 2. The van der Waals surface area contributed by atoms with Gasteiger partial charge in [0.05, 0.1) is 19.3 Å². The summed E-state index contributed by atoms with van der Waals surface area (Å²) in [5.41, 5.74) is 1.74. The Balaban J connectivity index is 1.62. The monoisotopic (exact) mass is 312 g/mol. The van der Waals surface area contributed by atoms with E-state index in [0.717, 1.165) is 29.2 Å². The molecule has 0 aromatic heterocycles. The molecule has 0 saturated heterocycles. The Bertz CT molecular complexity index is 670. The molecule has 1 heterocycles. The number of urea groups is 1. The quantitative estimate of drug-likeness (QED) is 0.904. The standard InChI is InChI=1S/C18H20N2O3/c1-2-22-14-9-7-13(8-10-14)19-18(21)20-16-11-12-23-17-6-4-3-5-15(16)17/h3-10,16H,2,11-12H2,1H3,(H2,19,20,21). The van der Waals surface area contributed by atoms with Gasteiger partial charge in [-0.1, -0.05) is 18.2 Å². The maximum atomic E-state index is 12.2. The summed E-state index contributed by atoms with van der Waals surface area (Å²) in [4.78, 5) is 12.2. The molecule has 0 fully saturated rings. The van der Waals surface area contributed by atoms with E-state index in [1.807, 2.05) is 55.5 Å². The van der Waals surface area contributed by atoms with Crippen LogP contribution in [-0.2, 0) is 0 Å². The summed E-state index contributed by atoms with van der Waals surface area (Å²) in [6.45, 7) is 3.16. The summed E-state index contributed by atoms with van der Waals surface area (Å²) in [5, 5.41) is 5.84. The fourth-order valence-corrected chi connectivity index (χ4v) is 2.62. The van der Waals surface area contributed by atoms with Crippen molar-refractivity contribution in [2.24, 2.45) is 0 Å². The van der Waals surface area contributed by atoms with Crippen LogP contribution in [-0.4, -0.2) is 19.2 Å². The van der Waals surface area contributed by atoms with Gasteiger partial charge in [-0.2, -0.15) is 0 Å². The second kappa shape index (κ2) is 7.05. The van der Waals surface area contributed by atoms with Gasteiger partial charge in [0.1, 0.15) is 11.5 Å². The molecule has 2 aromatic carbocycles. The number of hydrogen-bond acceptors (Lipinski definition) is 3. The fourth-order valence-electron chi connectivity index (χ4n) is 2.62. The van der Waals surface area contributed by atoms with Gasteiger partial charge in [0.2, 0.25) is 0 Å². The van der Waals surface area contributed by atoms with Crippen LogP contribution in [0.5, 0.6) is 11.5 Å². The van der Waals surface area contributed by atoms with Crippen molar-refractivity contribution < 1.29 is 14.3 Å². The van der Waals surface area contributed by atoms with E-state index in [9.17, 15) is 4.79 Å². The molecule has 1 aliphatic rings. The van der Waals surface area contributed by atoms with Gasteiger partial charge in [-0.3, -0.25) is 0 Å². The molecule has 0 saturated carbocycles. The zero-order valence-electron chi connectivity index (χ0n) is 13.0. The van der Waals surface area contributed by atoms with Gasteiger partial charge in [0, 0.05) is 17.7 Å². The minimum Gasteiger partial charge on any atom is -0.494 e. The van der Waals surface area contributed by atoms with Crippen LogP contribution in [0.4, 0.5) is 10.5 Å². The van der Waals surface area contributed by atoms with Gasteiger partial charge in [-0.25, -0.2) is 4.79 Å². The van der Waals surface area contributed by atoms with E-state index in [1.165, 1.54) is 0 Å². The Kier molecular flexibility index (Phi) is 4.66. The number of amides is 2. The fraction of sp³-hybridized carbons (Fsp3) is 0.278. The summed E-state index contributed by atoms with van der Waals surface area (Å²) in [5.74, 6) is 1.63. The van der Waals surface area contributed by atoms with Crippen molar-refractivity contribution in [2.75, 3.05) is 18.5 Å². The van der Waals surface area contributed by atoms with Gasteiger partial charge < -0.3 is 20.1 Å². The highest BCUT2D eigenvalue weighted by atomic mass is 16.5. The number of hydrogen-bond donors (Lipinski definition) is 2. The average molecular weight is 312 g/mol. The van der Waals surface area contributed by atoms with E-state index >= 15 is 0 Å². The lowest BCUT2D eigenvalue weighted by Crippen LogP contribution is -2.35. The zero-order chi connectivity index (χ0) is 16.1. The predicted octanol–water partition coefficient (Wildman–Crippen LogP) is 3.73. The molecule has 2 amide bonds. The summed E-state index contributed by atoms with van der Waals surface area (Å²) in [7, 11) is 0. The van der Waals surface area contributed by atoms with Crippen LogP contribution in [0.3, 0.4) is 0 Å². The summed E-state index contributed by atoms with van der Waals surface area (Å²) < 4.78 is 11.0. The highest BCUT2D eigenvalue weighted by molar-refractivity contribution is 5.89. The summed E-state index contributed by atoms with van der Waals surface area (Å²) in [6.07, 6.45) is 0.758. The Labute approximate surface area is 135 Å². The van der Waals surface area contributed by atoms with Gasteiger partial charge >= 0.3 is 6.03 Å². The molecular formula is C18H20N2O3. The highest BCUT2D eigenvalue weighted by Crippen LogP contribution is 2.31. The van der Waals surface area contributed by atoms with E-state index in [2.05, 4.69) is 10.6 Å². The molecule has 0 radical (unpaired) electrons. The number of carbonyl (C=O) groups excluding carboxylic acids is 1. The molecule has 120 valence electrons. The molecule has 2 N–H and O–H groups in total. The number of carbonyl (C=O) groups is 1. The van der Waals surface area contributed by atoms with Crippen LogP contribution < -0.4 is 20.1 Å². The maximum Gasteiger partial charge on any atom is 0.319 e. The number of fused-ring (bicyclic) bond motifs is 1. The van der Waals surface area contributed by atoms with Crippen molar-refractivity contribution in [3.05, 3.63) is 54.1 Å². The lowest BCUT2D eigenvalue weighted by molar-refractivity contribution is 0.232. The SMILES string of the molecule is CCOc1ccc(NC(=O)NC2CCOc3ccccc32)cc1. The number of ether oxygens (including phenoxy) is 2. The largest absolute Gasteiger partial charge is 0.494 e. The lowest BCUT2D eigenvalue weighted by atomic mass is 10.0. The van der Waals surface area contributed by atoms with Crippen LogP contribution in [0.2, 0.25) is 0 Å². The van der Waals surface area contributed by atoms with Crippen molar-refractivity contribution in [2.45, 2.75) is 19.4 Å². The van der Waals surface area contributed by atoms with E-state index in [1.54, 1.807) is 0 Å². The van der Waals surface area contributed by atoms with Gasteiger partial charge in [0.25, 0.3) is 0 Å². The molecule has 1 aliphatic heterocycles. The van der Waals surface area contributed by atoms with Gasteiger partial charge in [0.15, 0.2) is 0 Å². The minimum absolute atomic E-state index is 0.0392. The molecular weight excluding hydrogens is 292 g/mol. The van der Waals surface area contributed by atoms with Gasteiger partial charge in [-0.15, -0.1) is 0 Å². The third-order valence-electron chi connectivity index (χ3n) is 3.69. The number of anilines is 1. The normalized spacial score (nSPS) is 16.0. The van der Waals surface area contributed by atoms with E-state index < -0.39 is 0 Å². The molecule has 5 heteroatoms. The molecule has 0 spiro atoms. The molecule has 2 aromatic rings. The first-order valence-corrected chi connectivity index (χ1v) is 7.78. The van der Waals surface area contributed by atoms with Crippen LogP contribution in [0.1, 0.15) is 24.9 Å². The molecule has 23 heavy (non-hydrogen) atoms. The third-order valence-corrected chi connectivity index (χ3v) is 3.69. The van der Waals surface area contributed by atoms with Crippen LogP contribution >= 0.6 is 0 Å². The highest BCUT2D eigenvalue weighted by Gasteiger charge is 2.22. The minimum atomic E-state index is -0.226. The molecule has 0 bridgehead atoms. The molecule has 0 aliphatic carbocycles. The smallest absolute Gasteiger partial charge is 0.319 e. The topological polar surface area (TPSA) is 59.6 Å². The van der Waals surface area contributed by atoms with Crippen molar-refractivity contribution in [3.8, 4) is 11.5 Å². The van der Waals surface area contributed by atoms with Crippen molar-refractivity contribution in [1.29, 1.82) is 0 Å². The van der Waals surface area contributed by atoms with Crippen LogP contribution in [0.15, 0.2) is 48.5 Å². The molecule has 5 nitrogen and oxygen atoms in total. The van der Waals surface area contributed by atoms with Crippen LogP contribution in [0.25, 0.3) is 0 Å². The third kappa shape index (κ3) is 3.74. The van der Waals surface area contributed by atoms with Crippen molar-refractivity contribution in [1.82, 2.24) is 5.32 Å². The Morgan fingerprint density at radius 2 is 2.00 bits per heavy atom. The second-order valence-electron chi connectivity index (χ2n) is 5.28. The Hall–Kier alpha value is -2.69. The lowest BCUT2D eigenvalue weighted by Gasteiger charge is -2.26. The van der Waals surface area contributed by atoms with Gasteiger partial charge in [-0.05, 0) is 37.3 Å². The van der Waals surface area contributed by atoms with Crippen molar-refractivity contribution in [3.63, 3.8) is 0 Å². The Morgan fingerprint density at radius 3 is 2.78 bits per heavy atom. The van der Waals surface area contributed by atoms with E-state index in [4.69, 9.17) is 9.47 Å². The zero-order valence-corrected chi connectivity index (χ0v) is 13.0. The number of para-hydroxylation sites is 1.